The van der Waals surface area contributed by atoms with E-state index in [1.54, 1.807) is 0 Å². The molecule has 2 fully saturated rings. The van der Waals surface area contributed by atoms with Crippen LogP contribution >= 0.6 is 0 Å². The third-order valence-corrected chi connectivity index (χ3v) is 4.08. The highest BCUT2D eigenvalue weighted by atomic mass is 16.2. The summed E-state index contributed by atoms with van der Waals surface area (Å²) in [5.41, 5.74) is 1.04. The third-order valence-electron chi connectivity index (χ3n) is 4.08. The number of rotatable bonds is 2. The maximum Gasteiger partial charge on any atom is 0.244 e. The molecule has 2 saturated heterocycles. The second-order valence-corrected chi connectivity index (χ2v) is 5.23. The average Bonchev–Trinajstić information content (AvgIpc) is 2.83. The lowest BCUT2D eigenvalue weighted by Crippen LogP contribution is -2.44. The van der Waals surface area contributed by atoms with Crippen LogP contribution in [0.3, 0.4) is 0 Å². The molecule has 2 aliphatic heterocycles. The van der Waals surface area contributed by atoms with Crippen LogP contribution in [0.4, 0.5) is 5.69 Å². The maximum atomic E-state index is 12.5. The molecule has 0 bridgehead atoms. The number of carbonyl (C=O) groups excluding carboxylic acids is 1. The van der Waals surface area contributed by atoms with Gasteiger partial charge < -0.3 is 4.90 Å². The van der Waals surface area contributed by atoms with E-state index in [1.807, 2.05) is 35.2 Å². The van der Waals surface area contributed by atoms with Crippen molar-refractivity contribution in [1.82, 2.24) is 4.90 Å². The van der Waals surface area contributed by atoms with Crippen molar-refractivity contribution in [3.8, 4) is 0 Å². The molecule has 1 aromatic rings. The number of likely N-dealkylation sites (tertiary alicyclic amines) is 1. The van der Waals surface area contributed by atoms with Crippen molar-refractivity contribution in [2.24, 2.45) is 0 Å². The largest absolute Gasteiger partial charge is 0.311 e. The van der Waals surface area contributed by atoms with Crippen LogP contribution in [0.1, 0.15) is 25.7 Å². The molecule has 0 aromatic heterocycles. The number of nitrogens with zero attached hydrogens (tertiary/aromatic N) is 2. The number of para-hydroxylation sites is 1. The first-order valence-corrected chi connectivity index (χ1v) is 6.97. The van der Waals surface area contributed by atoms with Gasteiger partial charge >= 0.3 is 0 Å². The Morgan fingerprint density at radius 3 is 2.39 bits per heavy atom. The zero-order valence-corrected chi connectivity index (χ0v) is 10.7. The van der Waals surface area contributed by atoms with E-state index < -0.39 is 0 Å². The second kappa shape index (κ2) is 5.11. The van der Waals surface area contributed by atoms with Gasteiger partial charge in [-0.3, -0.25) is 9.69 Å². The summed E-state index contributed by atoms with van der Waals surface area (Å²) in [6.45, 7) is 3.06. The zero-order chi connectivity index (χ0) is 12.4. The molecular weight excluding hydrogens is 224 g/mol. The van der Waals surface area contributed by atoms with Crippen molar-refractivity contribution in [2.45, 2.75) is 31.7 Å². The van der Waals surface area contributed by atoms with E-state index in [0.29, 0.717) is 5.91 Å². The van der Waals surface area contributed by atoms with Crippen molar-refractivity contribution >= 4 is 11.6 Å². The molecule has 3 heteroatoms. The fraction of sp³-hybridized carbons (Fsp3) is 0.533. The first-order valence-electron chi connectivity index (χ1n) is 6.97. The molecule has 0 N–H and O–H groups in total. The van der Waals surface area contributed by atoms with Crippen molar-refractivity contribution in [1.29, 1.82) is 0 Å². The summed E-state index contributed by atoms with van der Waals surface area (Å²) in [6, 6.07) is 10.2. The van der Waals surface area contributed by atoms with Crippen LogP contribution in [0, 0.1) is 0 Å². The van der Waals surface area contributed by atoms with Crippen molar-refractivity contribution in [2.75, 3.05) is 24.5 Å². The lowest BCUT2D eigenvalue weighted by Gasteiger charge is -2.31. The van der Waals surface area contributed by atoms with E-state index >= 15 is 0 Å². The van der Waals surface area contributed by atoms with Crippen LogP contribution in [0.2, 0.25) is 0 Å². The van der Waals surface area contributed by atoms with Crippen LogP contribution in [0.5, 0.6) is 0 Å². The first kappa shape index (κ1) is 11.7. The number of carbonyl (C=O) groups is 1. The standard InChI is InChI=1S/C15H20N2O/c18-15-14(16-10-5-2-6-11-16)9-12-17(15)13-7-3-1-4-8-13/h1,3-4,7-8,14H,2,5-6,9-12H2/t14-/m0/s1. The van der Waals surface area contributed by atoms with Crippen molar-refractivity contribution < 1.29 is 4.79 Å². The van der Waals surface area contributed by atoms with Gasteiger partial charge in [-0.05, 0) is 44.5 Å². The summed E-state index contributed by atoms with van der Waals surface area (Å²) >= 11 is 0. The van der Waals surface area contributed by atoms with Gasteiger partial charge in [0, 0.05) is 12.2 Å². The number of hydrogen-bond acceptors (Lipinski definition) is 2. The summed E-state index contributed by atoms with van der Waals surface area (Å²) in [5.74, 6) is 0.295. The Kier molecular flexibility index (Phi) is 3.33. The van der Waals surface area contributed by atoms with E-state index in [-0.39, 0.29) is 6.04 Å². The Bertz CT molecular complexity index is 412. The SMILES string of the molecule is O=C1[C@@H](N2CCCCC2)CCN1c1ccccc1. The number of amides is 1. The Hall–Kier alpha value is -1.35. The van der Waals surface area contributed by atoms with Crippen LogP contribution in [-0.2, 0) is 4.79 Å². The monoisotopic (exact) mass is 244 g/mol. The van der Waals surface area contributed by atoms with Gasteiger partial charge in [0.2, 0.25) is 5.91 Å². The number of anilines is 1. The van der Waals surface area contributed by atoms with Gasteiger partial charge in [-0.15, -0.1) is 0 Å². The Labute approximate surface area is 108 Å². The molecule has 0 aliphatic carbocycles. The van der Waals surface area contributed by atoms with E-state index in [1.165, 1.54) is 19.3 Å². The smallest absolute Gasteiger partial charge is 0.244 e. The van der Waals surface area contributed by atoms with Crippen LogP contribution in [0.25, 0.3) is 0 Å². The van der Waals surface area contributed by atoms with Crippen LogP contribution < -0.4 is 4.90 Å². The van der Waals surface area contributed by atoms with Gasteiger partial charge in [0.25, 0.3) is 0 Å². The molecular formula is C15H20N2O. The highest BCUT2D eigenvalue weighted by Crippen LogP contribution is 2.25. The minimum atomic E-state index is 0.130. The van der Waals surface area contributed by atoms with Gasteiger partial charge in [0.05, 0.1) is 6.04 Å². The van der Waals surface area contributed by atoms with Gasteiger partial charge in [0.15, 0.2) is 0 Å². The fourth-order valence-electron chi connectivity index (χ4n) is 3.10. The van der Waals surface area contributed by atoms with Gasteiger partial charge in [0.1, 0.15) is 0 Å². The minimum Gasteiger partial charge on any atom is -0.311 e. The first-order chi connectivity index (χ1) is 8.86. The van der Waals surface area contributed by atoms with Crippen molar-refractivity contribution in [3.05, 3.63) is 30.3 Å². The Morgan fingerprint density at radius 1 is 0.944 bits per heavy atom. The highest BCUT2D eigenvalue weighted by Gasteiger charge is 2.36. The molecule has 3 rings (SSSR count). The van der Waals surface area contributed by atoms with Crippen LogP contribution in [-0.4, -0.2) is 36.5 Å². The van der Waals surface area contributed by atoms with Gasteiger partial charge in [-0.25, -0.2) is 0 Å². The summed E-state index contributed by atoms with van der Waals surface area (Å²) in [6.07, 6.45) is 4.79. The topological polar surface area (TPSA) is 23.6 Å². The molecule has 0 radical (unpaired) electrons. The predicted octanol–water partition coefficient (Wildman–Crippen LogP) is 2.28. The Morgan fingerprint density at radius 2 is 1.67 bits per heavy atom. The maximum absolute atomic E-state index is 12.5. The summed E-state index contributed by atoms with van der Waals surface area (Å²) in [5, 5.41) is 0. The molecule has 1 amide bonds. The van der Waals surface area contributed by atoms with E-state index in [4.69, 9.17) is 0 Å². The lowest BCUT2D eigenvalue weighted by molar-refractivity contribution is -0.122. The number of hydrogen-bond donors (Lipinski definition) is 0. The number of benzene rings is 1. The molecule has 0 saturated carbocycles. The van der Waals surface area contributed by atoms with E-state index in [2.05, 4.69) is 4.90 Å². The quantitative estimate of drug-likeness (QED) is 0.797. The van der Waals surface area contributed by atoms with E-state index in [0.717, 1.165) is 31.7 Å². The molecule has 1 aromatic carbocycles. The lowest BCUT2D eigenvalue weighted by atomic mass is 10.1. The van der Waals surface area contributed by atoms with Crippen LogP contribution in [0.15, 0.2) is 30.3 Å². The van der Waals surface area contributed by atoms with Crippen molar-refractivity contribution in [3.63, 3.8) is 0 Å². The third kappa shape index (κ3) is 2.15. The molecule has 0 unspecified atom stereocenters. The minimum absolute atomic E-state index is 0.130. The Balaban J connectivity index is 1.72. The number of piperidine rings is 1. The summed E-state index contributed by atoms with van der Waals surface area (Å²) in [7, 11) is 0. The molecule has 0 spiro atoms. The normalized spacial score (nSPS) is 25.7. The fourth-order valence-corrected chi connectivity index (χ4v) is 3.10. The van der Waals surface area contributed by atoms with Gasteiger partial charge in [-0.1, -0.05) is 24.6 Å². The summed E-state index contributed by atoms with van der Waals surface area (Å²) < 4.78 is 0. The molecule has 2 heterocycles. The van der Waals surface area contributed by atoms with Gasteiger partial charge in [-0.2, -0.15) is 0 Å². The predicted molar refractivity (Wildman–Crippen MR) is 72.6 cm³/mol. The van der Waals surface area contributed by atoms with E-state index in [9.17, 15) is 4.79 Å². The molecule has 2 aliphatic rings. The molecule has 3 nitrogen and oxygen atoms in total. The average molecular weight is 244 g/mol. The summed E-state index contributed by atoms with van der Waals surface area (Å²) in [4.78, 5) is 16.8. The second-order valence-electron chi connectivity index (χ2n) is 5.23. The highest BCUT2D eigenvalue weighted by molar-refractivity contribution is 5.99. The zero-order valence-electron chi connectivity index (χ0n) is 10.7. The molecule has 18 heavy (non-hydrogen) atoms. The molecule has 1 atom stereocenters. The molecule has 96 valence electrons.